The minimum Gasteiger partial charge on any atom is -0.492 e. The summed E-state index contributed by atoms with van der Waals surface area (Å²) in [5, 5.41) is 8.86. The van der Waals surface area contributed by atoms with Crippen molar-refractivity contribution in [3.8, 4) is 22.9 Å². The normalized spacial score (nSPS) is 10.5. The molecule has 2 heterocycles. The van der Waals surface area contributed by atoms with Crippen molar-refractivity contribution in [3.63, 3.8) is 0 Å². The third-order valence-corrected chi connectivity index (χ3v) is 3.68. The third kappa shape index (κ3) is 2.96. The number of hydrogen-bond acceptors (Lipinski definition) is 2. The number of unbranched alkanes of at least 4 members (excludes halogenated alkanes) is 1. The van der Waals surface area contributed by atoms with Crippen molar-refractivity contribution in [2.45, 2.75) is 19.8 Å². The van der Waals surface area contributed by atoms with E-state index >= 15 is 0 Å². The number of nitriles is 1. The van der Waals surface area contributed by atoms with Gasteiger partial charge >= 0.3 is 0 Å². The Hall–Kier alpha value is -2.73. The highest BCUT2D eigenvalue weighted by molar-refractivity contribution is 5.71. The Morgan fingerprint density at radius 2 is 1.86 bits per heavy atom. The van der Waals surface area contributed by atoms with E-state index in [-0.39, 0.29) is 0 Å². The number of pyridine rings is 1. The first-order valence-electron chi connectivity index (χ1n) is 7.55. The molecule has 0 N–H and O–H groups in total. The number of fused-ring (bicyclic) bond motifs is 1. The maximum atomic E-state index is 8.86. The SMILES string of the molecule is CCCCOc1ccc2cc(-c3ccc(C#N)cc3)cn2c1. The second-order valence-corrected chi connectivity index (χ2v) is 5.32. The summed E-state index contributed by atoms with van der Waals surface area (Å²) in [5.74, 6) is 0.892. The lowest BCUT2D eigenvalue weighted by molar-refractivity contribution is 0.308. The van der Waals surface area contributed by atoms with Gasteiger partial charge in [-0.05, 0) is 42.3 Å². The highest BCUT2D eigenvalue weighted by atomic mass is 16.5. The highest BCUT2D eigenvalue weighted by Gasteiger charge is 2.04. The van der Waals surface area contributed by atoms with Crippen LogP contribution in [0.5, 0.6) is 5.75 Å². The van der Waals surface area contributed by atoms with Crippen LogP contribution in [-0.4, -0.2) is 11.0 Å². The summed E-state index contributed by atoms with van der Waals surface area (Å²) in [4.78, 5) is 0. The molecular formula is C19H18N2O. The molecule has 3 heteroatoms. The zero-order valence-electron chi connectivity index (χ0n) is 12.6. The number of rotatable bonds is 5. The van der Waals surface area contributed by atoms with Crippen LogP contribution in [0.25, 0.3) is 16.6 Å². The van der Waals surface area contributed by atoms with Crippen molar-refractivity contribution in [2.24, 2.45) is 0 Å². The van der Waals surface area contributed by atoms with Crippen LogP contribution in [0.3, 0.4) is 0 Å². The monoisotopic (exact) mass is 290 g/mol. The maximum Gasteiger partial charge on any atom is 0.135 e. The maximum absolute atomic E-state index is 8.86. The van der Waals surface area contributed by atoms with Crippen molar-refractivity contribution in [2.75, 3.05) is 6.61 Å². The van der Waals surface area contributed by atoms with Crippen LogP contribution in [0, 0.1) is 11.3 Å². The molecule has 0 spiro atoms. The van der Waals surface area contributed by atoms with Gasteiger partial charge in [-0.3, -0.25) is 0 Å². The quantitative estimate of drug-likeness (QED) is 0.641. The lowest BCUT2D eigenvalue weighted by Gasteiger charge is -2.05. The first-order chi connectivity index (χ1) is 10.8. The summed E-state index contributed by atoms with van der Waals surface area (Å²) in [7, 11) is 0. The second kappa shape index (κ2) is 6.36. The van der Waals surface area contributed by atoms with Crippen LogP contribution in [0.4, 0.5) is 0 Å². The van der Waals surface area contributed by atoms with Crippen LogP contribution in [0.15, 0.2) is 54.9 Å². The summed E-state index contributed by atoms with van der Waals surface area (Å²) in [6.07, 6.45) is 6.30. The Morgan fingerprint density at radius 1 is 1.05 bits per heavy atom. The molecule has 0 saturated carbocycles. The summed E-state index contributed by atoms with van der Waals surface area (Å²) < 4.78 is 7.82. The molecule has 0 unspecified atom stereocenters. The third-order valence-electron chi connectivity index (χ3n) is 3.68. The molecule has 0 aliphatic rings. The molecule has 0 radical (unpaired) electrons. The Bertz CT molecular complexity index is 810. The predicted molar refractivity (Wildman–Crippen MR) is 88.0 cm³/mol. The fourth-order valence-corrected chi connectivity index (χ4v) is 2.40. The summed E-state index contributed by atoms with van der Waals surface area (Å²) >= 11 is 0. The molecule has 0 fully saturated rings. The van der Waals surface area contributed by atoms with Crippen molar-refractivity contribution in [3.05, 3.63) is 60.4 Å². The summed E-state index contributed by atoms with van der Waals surface area (Å²) in [5.41, 5.74) is 4.05. The average Bonchev–Trinajstić information content (AvgIpc) is 2.98. The minimum atomic E-state index is 0.680. The van der Waals surface area contributed by atoms with Gasteiger partial charge < -0.3 is 9.14 Å². The first kappa shape index (κ1) is 14.2. The zero-order valence-corrected chi connectivity index (χ0v) is 12.6. The second-order valence-electron chi connectivity index (χ2n) is 5.32. The van der Waals surface area contributed by atoms with Gasteiger partial charge in [-0.2, -0.15) is 5.26 Å². The topological polar surface area (TPSA) is 37.4 Å². The molecule has 0 amide bonds. The molecule has 0 saturated heterocycles. The van der Waals surface area contributed by atoms with Crippen molar-refractivity contribution in [1.29, 1.82) is 5.26 Å². The van der Waals surface area contributed by atoms with E-state index < -0.39 is 0 Å². The van der Waals surface area contributed by atoms with Crippen LogP contribution in [0.1, 0.15) is 25.3 Å². The van der Waals surface area contributed by atoms with Gasteiger partial charge in [0.15, 0.2) is 0 Å². The van der Waals surface area contributed by atoms with Gasteiger partial charge in [0.1, 0.15) is 5.75 Å². The van der Waals surface area contributed by atoms with Crippen molar-refractivity contribution < 1.29 is 4.74 Å². The lowest BCUT2D eigenvalue weighted by Crippen LogP contribution is -1.97. The highest BCUT2D eigenvalue weighted by Crippen LogP contribution is 2.24. The van der Waals surface area contributed by atoms with E-state index in [1.807, 2.05) is 36.5 Å². The largest absolute Gasteiger partial charge is 0.492 e. The van der Waals surface area contributed by atoms with Gasteiger partial charge in [-0.1, -0.05) is 25.5 Å². The van der Waals surface area contributed by atoms with Crippen LogP contribution in [-0.2, 0) is 0 Å². The molecule has 3 rings (SSSR count). The smallest absolute Gasteiger partial charge is 0.135 e. The van der Waals surface area contributed by atoms with E-state index in [1.54, 1.807) is 0 Å². The molecule has 0 bridgehead atoms. The van der Waals surface area contributed by atoms with Crippen LogP contribution in [0.2, 0.25) is 0 Å². The number of aromatic nitrogens is 1. The minimum absolute atomic E-state index is 0.680. The molecule has 3 aromatic rings. The predicted octanol–water partition coefficient (Wildman–Crippen LogP) is 4.66. The number of ether oxygens (including phenoxy) is 1. The number of hydrogen-bond donors (Lipinski definition) is 0. The van der Waals surface area contributed by atoms with Crippen molar-refractivity contribution in [1.82, 2.24) is 4.40 Å². The van der Waals surface area contributed by atoms with Gasteiger partial charge in [0, 0.05) is 17.3 Å². The number of nitrogens with zero attached hydrogens (tertiary/aromatic N) is 2. The Balaban J connectivity index is 1.87. The molecule has 0 aliphatic carbocycles. The Labute approximate surface area is 130 Å². The van der Waals surface area contributed by atoms with E-state index in [1.165, 1.54) is 0 Å². The molecule has 2 aromatic heterocycles. The first-order valence-corrected chi connectivity index (χ1v) is 7.55. The fourth-order valence-electron chi connectivity index (χ4n) is 2.40. The summed E-state index contributed by atoms with van der Waals surface area (Å²) in [6.45, 7) is 2.91. The van der Waals surface area contributed by atoms with E-state index in [2.05, 4.69) is 35.7 Å². The van der Waals surface area contributed by atoms with Crippen molar-refractivity contribution >= 4 is 5.52 Å². The Morgan fingerprint density at radius 3 is 2.59 bits per heavy atom. The molecule has 110 valence electrons. The average molecular weight is 290 g/mol. The van der Waals surface area contributed by atoms with Gasteiger partial charge in [0.25, 0.3) is 0 Å². The molecule has 22 heavy (non-hydrogen) atoms. The standard InChI is InChI=1S/C19H18N2O/c1-2-3-10-22-19-9-8-18-11-17(13-21(18)14-19)16-6-4-15(12-20)5-7-16/h4-9,11,13-14H,2-3,10H2,1H3. The molecule has 1 aromatic carbocycles. The van der Waals surface area contributed by atoms with Gasteiger partial charge in [-0.15, -0.1) is 0 Å². The molecular weight excluding hydrogens is 272 g/mol. The molecule has 0 atom stereocenters. The van der Waals surface area contributed by atoms with E-state index in [9.17, 15) is 0 Å². The van der Waals surface area contributed by atoms with Gasteiger partial charge in [-0.25, -0.2) is 0 Å². The number of benzene rings is 1. The lowest BCUT2D eigenvalue weighted by atomic mass is 10.1. The fraction of sp³-hybridized carbons (Fsp3) is 0.211. The zero-order chi connectivity index (χ0) is 15.4. The molecule has 3 nitrogen and oxygen atoms in total. The Kier molecular flexibility index (Phi) is 4.11. The van der Waals surface area contributed by atoms with Gasteiger partial charge in [0.05, 0.1) is 24.4 Å². The van der Waals surface area contributed by atoms with Crippen LogP contribution >= 0.6 is 0 Å². The molecule has 0 aliphatic heterocycles. The van der Waals surface area contributed by atoms with Crippen LogP contribution < -0.4 is 4.74 Å². The van der Waals surface area contributed by atoms with E-state index in [0.717, 1.165) is 41.8 Å². The van der Waals surface area contributed by atoms with E-state index in [4.69, 9.17) is 10.00 Å². The van der Waals surface area contributed by atoms with E-state index in [0.29, 0.717) is 5.56 Å². The van der Waals surface area contributed by atoms with Gasteiger partial charge in [0.2, 0.25) is 0 Å². The summed E-state index contributed by atoms with van der Waals surface area (Å²) in [6, 6.07) is 16.0.